The van der Waals surface area contributed by atoms with Crippen LogP contribution in [-0.2, 0) is 38.7 Å². The molecule has 330 valence electrons. The van der Waals surface area contributed by atoms with Crippen LogP contribution < -0.4 is 0 Å². The summed E-state index contributed by atoms with van der Waals surface area (Å²) in [5, 5.41) is 30.8. The van der Waals surface area contributed by atoms with Crippen molar-refractivity contribution in [3.63, 3.8) is 0 Å². The van der Waals surface area contributed by atoms with E-state index in [-0.39, 0.29) is 19.4 Å². The van der Waals surface area contributed by atoms with Crippen molar-refractivity contribution in [3.05, 3.63) is 12.2 Å². The Labute approximate surface area is 339 Å². The van der Waals surface area contributed by atoms with Crippen LogP contribution in [0.15, 0.2) is 12.2 Å². The van der Waals surface area contributed by atoms with Gasteiger partial charge in [-0.15, -0.1) is 0 Å². The molecule has 13 heteroatoms. The summed E-state index contributed by atoms with van der Waals surface area (Å²) in [6.45, 7) is 3.69. The molecule has 0 spiro atoms. The van der Waals surface area contributed by atoms with E-state index in [1.54, 1.807) is 0 Å². The Morgan fingerprint density at radius 3 is 1.55 bits per heavy atom. The normalized spacial score (nSPS) is 20.7. The van der Waals surface area contributed by atoms with Gasteiger partial charge in [0.25, 0.3) is 10.1 Å². The fraction of sp³-hybridized carbons (Fsp3) is 0.907. The second-order valence-electron chi connectivity index (χ2n) is 15.7. The summed E-state index contributed by atoms with van der Waals surface area (Å²) < 4.78 is 53.9. The van der Waals surface area contributed by atoms with E-state index in [0.29, 0.717) is 12.8 Å². The molecule has 12 nitrogen and oxygen atoms in total. The van der Waals surface area contributed by atoms with Crippen LogP contribution in [-0.4, -0.2) is 96.0 Å². The number of unbranched alkanes of at least 4 members (excludes halogenated alkanes) is 23. The maximum Gasteiger partial charge on any atom is 0.306 e. The van der Waals surface area contributed by atoms with Crippen molar-refractivity contribution in [1.82, 2.24) is 0 Å². The fourth-order valence-electron chi connectivity index (χ4n) is 6.86. The fourth-order valence-corrected chi connectivity index (χ4v) is 7.55. The Kier molecular flexibility index (Phi) is 32.1. The first-order valence-corrected chi connectivity index (χ1v) is 23.9. The van der Waals surface area contributed by atoms with E-state index in [9.17, 15) is 37.9 Å². The quantitative estimate of drug-likeness (QED) is 0.0203. The number of aliphatic hydroxyl groups excluding tert-OH is 3. The molecule has 0 aromatic heterocycles. The van der Waals surface area contributed by atoms with Crippen molar-refractivity contribution in [2.75, 3.05) is 19.0 Å². The average molecular weight is 821 g/mol. The van der Waals surface area contributed by atoms with Crippen molar-refractivity contribution < 1.29 is 56.8 Å². The van der Waals surface area contributed by atoms with E-state index in [0.717, 1.165) is 64.2 Å². The molecule has 1 saturated heterocycles. The number of carbonyl (C=O) groups is 2. The van der Waals surface area contributed by atoms with Gasteiger partial charge in [-0.2, -0.15) is 8.42 Å². The lowest BCUT2D eigenvalue weighted by Crippen LogP contribution is -2.60. The largest absolute Gasteiger partial charge is 0.462 e. The smallest absolute Gasteiger partial charge is 0.306 e. The molecule has 1 heterocycles. The van der Waals surface area contributed by atoms with Crippen molar-refractivity contribution in [3.8, 4) is 0 Å². The van der Waals surface area contributed by atoms with Crippen LogP contribution in [0.5, 0.6) is 0 Å². The first kappa shape index (κ1) is 52.4. The van der Waals surface area contributed by atoms with Gasteiger partial charge < -0.3 is 34.3 Å². The first-order valence-electron chi connectivity index (χ1n) is 22.2. The topological polar surface area (TPSA) is 186 Å². The summed E-state index contributed by atoms with van der Waals surface area (Å²) in [5.74, 6) is -1.98. The molecule has 0 radical (unpaired) electrons. The molecule has 1 fully saturated rings. The average Bonchev–Trinajstić information content (AvgIpc) is 3.16. The van der Waals surface area contributed by atoms with Gasteiger partial charge in [0.15, 0.2) is 12.4 Å². The zero-order chi connectivity index (χ0) is 41.3. The summed E-state index contributed by atoms with van der Waals surface area (Å²) in [6.07, 6.45) is 25.6. The number of ether oxygens (including phenoxy) is 4. The molecule has 1 rings (SSSR count). The highest BCUT2D eigenvalue weighted by atomic mass is 32.2. The lowest BCUT2D eigenvalue weighted by Gasteiger charge is -2.40. The minimum atomic E-state index is -4.60. The summed E-state index contributed by atoms with van der Waals surface area (Å²) >= 11 is 0. The lowest BCUT2D eigenvalue weighted by molar-refractivity contribution is -0.297. The molecule has 1 aliphatic rings. The predicted molar refractivity (Wildman–Crippen MR) is 220 cm³/mol. The Bertz CT molecular complexity index is 1100. The number of esters is 2. The number of allylic oxidation sites excluding steroid dienone is 2. The summed E-state index contributed by atoms with van der Waals surface area (Å²) in [7, 11) is -4.60. The minimum absolute atomic E-state index is 0.157. The van der Waals surface area contributed by atoms with Crippen LogP contribution in [0.3, 0.4) is 0 Å². The van der Waals surface area contributed by atoms with Crippen molar-refractivity contribution >= 4 is 22.1 Å². The van der Waals surface area contributed by atoms with Gasteiger partial charge >= 0.3 is 11.9 Å². The monoisotopic (exact) mass is 821 g/mol. The minimum Gasteiger partial charge on any atom is -0.462 e. The zero-order valence-corrected chi connectivity index (χ0v) is 35.8. The first-order chi connectivity index (χ1) is 27.0. The summed E-state index contributed by atoms with van der Waals surface area (Å²) in [5.41, 5.74) is 0. The predicted octanol–water partition coefficient (Wildman–Crippen LogP) is 8.67. The zero-order valence-electron chi connectivity index (χ0n) is 35.0. The third-order valence-electron chi connectivity index (χ3n) is 10.3. The maximum absolute atomic E-state index is 12.7. The number of aliphatic hydroxyl groups is 3. The highest BCUT2D eigenvalue weighted by molar-refractivity contribution is 7.85. The molecule has 0 saturated carbocycles. The van der Waals surface area contributed by atoms with Gasteiger partial charge in [0.05, 0.1) is 6.61 Å². The summed E-state index contributed by atoms with van der Waals surface area (Å²) in [4.78, 5) is 25.3. The molecule has 0 aromatic carbocycles. The van der Waals surface area contributed by atoms with Crippen LogP contribution in [0.4, 0.5) is 0 Å². The van der Waals surface area contributed by atoms with Crippen LogP contribution >= 0.6 is 0 Å². The van der Waals surface area contributed by atoms with E-state index in [1.165, 1.54) is 89.9 Å². The van der Waals surface area contributed by atoms with Crippen molar-refractivity contribution in [2.45, 2.75) is 230 Å². The Morgan fingerprint density at radius 2 is 1.05 bits per heavy atom. The second-order valence-corrected chi connectivity index (χ2v) is 17.2. The summed E-state index contributed by atoms with van der Waals surface area (Å²) in [6, 6.07) is 0. The van der Waals surface area contributed by atoms with Crippen molar-refractivity contribution in [1.29, 1.82) is 0 Å². The van der Waals surface area contributed by atoms with Crippen molar-refractivity contribution in [2.24, 2.45) is 0 Å². The second kappa shape index (κ2) is 34.3. The molecular formula is C43H80O12S. The molecule has 0 aliphatic carbocycles. The van der Waals surface area contributed by atoms with Gasteiger partial charge in [-0.3, -0.25) is 14.1 Å². The van der Waals surface area contributed by atoms with E-state index in [4.69, 9.17) is 18.9 Å². The highest BCUT2D eigenvalue weighted by Gasteiger charge is 2.46. The molecular weight excluding hydrogens is 741 g/mol. The molecule has 56 heavy (non-hydrogen) atoms. The Morgan fingerprint density at radius 1 is 0.589 bits per heavy atom. The third-order valence-corrected chi connectivity index (χ3v) is 11.1. The maximum atomic E-state index is 12.7. The molecule has 0 bridgehead atoms. The molecule has 6 atom stereocenters. The Balaban J connectivity index is 2.40. The highest BCUT2D eigenvalue weighted by Crippen LogP contribution is 2.24. The van der Waals surface area contributed by atoms with Gasteiger partial charge in [-0.1, -0.05) is 161 Å². The van der Waals surface area contributed by atoms with Crippen LogP contribution in [0.2, 0.25) is 0 Å². The van der Waals surface area contributed by atoms with Gasteiger partial charge in [0.1, 0.15) is 36.8 Å². The third kappa shape index (κ3) is 28.7. The SMILES string of the molecule is CCC/C=C\CCCCCCCC(=O)OC(COC(=O)CCCCCCCCCCCCCCCCCCCC)COC1OC(CS(=O)(=O)O)C(O)C(O)C1O. The number of carbonyl (C=O) groups excluding carboxylic acids is 2. The molecule has 0 aromatic rings. The lowest BCUT2D eigenvalue weighted by atomic mass is 10.00. The molecule has 6 unspecified atom stereocenters. The molecule has 4 N–H and O–H groups in total. The standard InChI is InChI=1S/C43H80O12S/c1-3-5-7-9-11-13-15-16-17-18-19-20-21-22-24-25-27-29-31-38(44)52-33-36(54-39(45)32-30-28-26-23-14-12-10-8-6-4-2)34-53-43-42(48)41(47)40(46)37(55-43)35-56(49,50)51/h8,10,36-37,40-43,46-48H,3-7,9,11-35H2,1-2H3,(H,49,50,51)/b10-8-. The Hall–Kier alpha value is -1.61. The van der Waals surface area contributed by atoms with Gasteiger partial charge in [0.2, 0.25) is 0 Å². The van der Waals surface area contributed by atoms with Gasteiger partial charge in [-0.25, -0.2) is 0 Å². The van der Waals surface area contributed by atoms with E-state index >= 15 is 0 Å². The number of hydrogen-bond acceptors (Lipinski definition) is 11. The van der Waals surface area contributed by atoms with Crippen LogP contribution in [0, 0.1) is 0 Å². The van der Waals surface area contributed by atoms with Crippen LogP contribution in [0.25, 0.3) is 0 Å². The van der Waals surface area contributed by atoms with Crippen LogP contribution in [0.1, 0.15) is 194 Å². The number of rotatable bonds is 37. The van der Waals surface area contributed by atoms with E-state index in [1.807, 2.05) is 0 Å². The molecule has 1 aliphatic heterocycles. The van der Waals surface area contributed by atoms with Gasteiger partial charge in [-0.05, 0) is 32.1 Å². The van der Waals surface area contributed by atoms with E-state index in [2.05, 4.69) is 26.0 Å². The molecule has 0 amide bonds. The number of hydrogen-bond donors (Lipinski definition) is 4. The van der Waals surface area contributed by atoms with E-state index < -0.39 is 71.2 Å². The van der Waals surface area contributed by atoms with Gasteiger partial charge in [0, 0.05) is 12.8 Å².